The van der Waals surface area contributed by atoms with E-state index >= 15 is 0 Å². The quantitative estimate of drug-likeness (QED) is 0.415. The van der Waals surface area contributed by atoms with Crippen molar-refractivity contribution in [3.8, 4) is 0 Å². The van der Waals surface area contributed by atoms with Crippen LogP contribution in [0.3, 0.4) is 0 Å². The van der Waals surface area contributed by atoms with Gasteiger partial charge in [0, 0.05) is 44.1 Å². The second-order valence-corrected chi connectivity index (χ2v) is 9.64. The number of amides is 1. The number of halogens is 6. The van der Waals surface area contributed by atoms with Gasteiger partial charge in [-0.2, -0.15) is 13.2 Å². The van der Waals surface area contributed by atoms with E-state index in [9.17, 15) is 18.0 Å². The van der Waals surface area contributed by atoms with E-state index in [-0.39, 0.29) is 37.1 Å². The van der Waals surface area contributed by atoms with Crippen molar-refractivity contribution in [2.75, 3.05) is 25.5 Å². The van der Waals surface area contributed by atoms with Gasteiger partial charge in [-0.05, 0) is 54.9 Å². The molecule has 0 radical (unpaired) electrons. The Morgan fingerprint density at radius 3 is 2.55 bits per heavy atom. The van der Waals surface area contributed by atoms with Gasteiger partial charge in [-0.3, -0.25) is 4.79 Å². The lowest BCUT2D eigenvalue weighted by molar-refractivity contribution is -0.186. The van der Waals surface area contributed by atoms with Crippen LogP contribution >= 0.6 is 46.8 Å². The zero-order valence-electron chi connectivity index (χ0n) is 17.6. The molecule has 2 aromatic rings. The SMILES string of the molecule is CNc1cc(Cl)cc(Cl)c1SNC(CCn1ccnc1Cl)C(=O)N1CCC(C(F)(F)F)CC1. The van der Waals surface area contributed by atoms with E-state index in [0.29, 0.717) is 33.6 Å². The Kier molecular flexibility index (Phi) is 9.08. The number of aromatic nitrogens is 2. The van der Waals surface area contributed by atoms with Crippen molar-refractivity contribution in [2.24, 2.45) is 5.92 Å². The topological polar surface area (TPSA) is 62.2 Å². The number of hydrogen-bond acceptors (Lipinski definition) is 5. The summed E-state index contributed by atoms with van der Waals surface area (Å²) in [7, 11) is 1.72. The van der Waals surface area contributed by atoms with Gasteiger partial charge >= 0.3 is 6.18 Å². The number of rotatable bonds is 8. The Balaban J connectivity index is 1.73. The fourth-order valence-electron chi connectivity index (χ4n) is 3.61. The van der Waals surface area contributed by atoms with Gasteiger partial charge < -0.3 is 14.8 Å². The average molecular weight is 545 g/mol. The van der Waals surface area contributed by atoms with Gasteiger partial charge in [-0.1, -0.05) is 23.2 Å². The first-order chi connectivity index (χ1) is 15.6. The number of imidazole rings is 1. The molecular formula is C20H23Cl3F3N5OS. The molecule has 182 valence electrons. The minimum Gasteiger partial charge on any atom is -0.387 e. The van der Waals surface area contributed by atoms with Gasteiger partial charge in [0.2, 0.25) is 11.2 Å². The minimum atomic E-state index is -4.24. The molecule has 0 saturated carbocycles. The number of likely N-dealkylation sites (tertiary alicyclic amines) is 1. The van der Waals surface area contributed by atoms with Crippen molar-refractivity contribution in [3.63, 3.8) is 0 Å². The molecule has 2 heterocycles. The molecule has 1 atom stereocenters. The summed E-state index contributed by atoms with van der Waals surface area (Å²) in [4.78, 5) is 19.3. The summed E-state index contributed by atoms with van der Waals surface area (Å²) in [6.45, 7) is 0.511. The molecule has 1 aliphatic heterocycles. The minimum absolute atomic E-state index is 0.0567. The third kappa shape index (κ3) is 6.85. The average Bonchev–Trinajstić information content (AvgIpc) is 3.18. The highest BCUT2D eigenvalue weighted by Gasteiger charge is 2.42. The molecule has 6 nitrogen and oxygen atoms in total. The van der Waals surface area contributed by atoms with Crippen LogP contribution in [0.2, 0.25) is 15.3 Å². The van der Waals surface area contributed by atoms with Crippen LogP contribution in [0.4, 0.5) is 18.9 Å². The van der Waals surface area contributed by atoms with E-state index in [1.54, 1.807) is 36.1 Å². The molecule has 1 aliphatic rings. The van der Waals surface area contributed by atoms with Crippen LogP contribution in [0.15, 0.2) is 29.4 Å². The first-order valence-corrected chi connectivity index (χ1v) is 12.2. The monoisotopic (exact) mass is 543 g/mol. The molecule has 13 heteroatoms. The normalized spacial score (nSPS) is 16.2. The lowest BCUT2D eigenvalue weighted by Crippen LogP contribution is -2.49. The van der Waals surface area contributed by atoms with Crippen LogP contribution in [0.1, 0.15) is 19.3 Å². The number of benzene rings is 1. The Morgan fingerprint density at radius 2 is 1.97 bits per heavy atom. The maximum atomic E-state index is 13.3. The lowest BCUT2D eigenvalue weighted by atomic mass is 9.95. The van der Waals surface area contributed by atoms with Crippen LogP contribution in [0, 0.1) is 5.92 Å². The standard InChI is InChI=1S/C20H23Cl3F3N5OS/c1-27-16-11-13(21)10-14(22)17(16)33-29-15(4-8-31-9-5-28-19(31)23)18(32)30-6-2-12(3-7-30)20(24,25)26/h5,9-12,15,27,29H,2-4,6-8H2,1H3. The molecule has 1 amide bonds. The summed E-state index contributed by atoms with van der Waals surface area (Å²) in [5.41, 5.74) is 0.680. The molecule has 0 bridgehead atoms. The van der Waals surface area contributed by atoms with Crippen LogP contribution < -0.4 is 10.0 Å². The Labute approximate surface area is 209 Å². The maximum Gasteiger partial charge on any atom is 0.391 e. The second-order valence-electron chi connectivity index (χ2n) is 7.61. The van der Waals surface area contributed by atoms with Crippen LogP contribution in [-0.4, -0.2) is 52.7 Å². The summed E-state index contributed by atoms with van der Waals surface area (Å²) in [5.74, 6) is -1.64. The number of alkyl halides is 3. The van der Waals surface area contributed by atoms with E-state index in [0.717, 1.165) is 0 Å². The largest absolute Gasteiger partial charge is 0.391 e. The van der Waals surface area contributed by atoms with Crippen LogP contribution in [0.25, 0.3) is 0 Å². The summed E-state index contributed by atoms with van der Waals surface area (Å²) < 4.78 is 43.9. The number of carbonyl (C=O) groups is 1. The molecule has 3 rings (SSSR count). The summed E-state index contributed by atoms with van der Waals surface area (Å²) in [5, 5.41) is 4.17. The molecular weight excluding hydrogens is 522 g/mol. The van der Waals surface area contributed by atoms with Crippen molar-refractivity contribution in [3.05, 3.63) is 39.9 Å². The third-order valence-corrected chi connectivity index (χ3v) is 7.46. The second kappa shape index (κ2) is 11.4. The summed E-state index contributed by atoms with van der Waals surface area (Å²) in [6.07, 6.45) is -0.849. The van der Waals surface area contributed by atoms with Gasteiger partial charge in [0.05, 0.1) is 27.6 Å². The first kappa shape index (κ1) is 26.3. The number of anilines is 1. The molecule has 33 heavy (non-hydrogen) atoms. The number of aryl methyl sites for hydroxylation is 1. The Bertz CT molecular complexity index is 967. The molecule has 1 aromatic carbocycles. The number of piperidine rings is 1. The summed E-state index contributed by atoms with van der Waals surface area (Å²) in [6, 6.07) is 2.62. The van der Waals surface area contributed by atoms with Crippen molar-refractivity contribution in [2.45, 2.75) is 42.9 Å². The molecule has 0 aliphatic carbocycles. The number of nitrogens with zero attached hydrogens (tertiary/aromatic N) is 3. The lowest BCUT2D eigenvalue weighted by Gasteiger charge is -2.35. The zero-order valence-corrected chi connectivity index (χ0v) is 20.7. The van der Waals surface area contributed by atoms with E-state index in [2.05, 4.69) is 15.0 Å². The van der Waals surface area contributed by atoms with Gasteiger partial charge in [-0.25, -0.2) is 9.71 Å². The number of carbonyl (C=O) groups excluding carboxylic acids is 1. The smallest absolute Gasteiger partial charge is 0.387 e. The van der Waals surface area contributed by atoms with Crippen molar-refractivity contribution >= 4 is 58.3 Å². The van der Waals surface area contributed by atoms with Gasteiger partial charge in [0.1, 0.15) is 0 Å². The van der Waals surface area contributed by atoms with Crippen LogP contribution in [-0.2, 0) is 11.3 Å². The molecule has 1 aromatic heterocycles. The maximum absolute atomic E-state index is 13.3. The van der Waals surface area contributed by atoms with Gasteiger partial charge in [-0.15, -0.1) is 0 Å². The molecule has 0 spiro atoms. The van der Waals surface area contributed by atoms with Gasteiger partial charge in [0.25, 0.3) is 0 Å². The number of nitrogens with one attached hydrogen (secondary N) is 2. The van der Waals surface area contributed by atoms with Gasteiger partial charge in [0.15, 0.2) is 0 Å². The first-order valence-electron chi connectivity index (χ1n) is 10.2. The predicted molar refractivity (Wildman–Crippen MR) is 126 cm³/mol. The molecule has 1 saturated heterocycles. The Hall–Kier alpha value is -1.33. The zero-order chi connectivity index (χ0) is 24.2. The van der Waals surface area contributed by atoms with Crippen molar-refractivity contribution in [1.29, 1.82) is 0 Å². The number of hydrogen-bond donors (Lipinski definition) is 2. The highest BCUT2D eigenvalue weighted by atomic mass is 35.5. The van der Waals surface area contributed by atoms with Crippen LogP contribution in [0.5, 0.6) is 0 Å². The molecule has 1 fully saturated rings. The van der Waals surface area contributed by atoms with E-state index in [1.807, 2.05) is 0 Å². The highest BCUT2D eigenvalue weighted by Crippen LogP contribution is 2.37. The van der Waals surface area contributed by atoms with E-state index in [4.69, 9.17) is 34.8 Å². The Morgan fingerprint density at radius 1 is 1.27 bits per heavy atom. The van der Waals surface area contributed by atoms with E-state index < -0.39 is 18.1 Å². The molecule has 1 unspecified atom stereocenters. The fourth-order valence-corrected chi connectivity index (χ4v) is 5.32. The van der Waals surface area contributed by atoms with Crippen molar-refractivity contribution in [1.82, 2.24) is 19.2 Å². The predicted octanol–water partition coefficient (Wildman–Crippen LogP) is 5.74. The fraction of sp³-hybridized carbons (Fsp3) is 0.500. The molecule has 2 N–H and O–H groups in total. The van der Waals surface area contributed by atoms with Crippen molar-refractivity contribution < 1.29 is 18.0 Å². The highest BCUT2D eigenvalue weighted by molar-refractivity contribution is 7.97. The third-order valence-electron chi connectivity index (χ3n) is 5.47. The van der Waals surface area contributed by atoms with E-state index in [1.165, 1.54) is 16.8 Å². The summed E-state index contributed by atoms with van der Waals surface area (Å²) >= 11 is 19.6.